The molecule has 6 nitrogen and oxygen atoms in total. The smallest absolute Gasteiger partial charge is 0.173 e. The van der Waals surface area contributed by atoms with Gasteiger partial charge in [0, 0.05) is 37.7 Å². The van der Waals surface area contributed by atoms with Crippen molar-refractivity contribution < 1.29 is 0 Å². The van der Waals surface area contributed by atoms with Crippen LogP contribution in [0.5, 0.6) is 0 Å². The van der Waals surface area contributed by atoms with E-state index in [-0.39, 0.29) is 6.04 Å². The fourth-order valence-electron chi connectivity index (χ4n) is 3.20. The summed E-state index contributed by atoms with van der Waals surface area (Å²) >= 11 is 6.10. The lowest BCUT2D eigenvalue weighted by molar-refractivity contribution is 0.121. The number of hydrogen-bond acceptors (Lipinski definition) is 5. The molecule has 7 heteroatoms. The predicted octanol–water partition coefficient (Wildman–Crippen LogP) is 2.71. The van der Waals surface area contributed by atoms with Crippen LogP contribution in [0.4, 0.5) is 0 Å². The average molecular weight is 363 g/mol. The van der Waals surface area contributed by atoms with E-state index in [1.54, 1.807) is 0 Å². The van der Waals surface area contributed by atoms with E-state index in [9.17, 15) is 0 Å². The molecule has 1 aliphatic rings. The van der Waals surface area contributed by atoms with Gasteiger partial charge in [0.1, 0.15) is 0 Å². The summed E-state index contributed by atoms with van der Waals surface area (Å²) in [5.41, 5.74) is 1.19. The summed E-state index contributed by atoms with van der Waals surface area (Å²) in [6.45, 7) is 9.40. The van der Waals surface area contributed by atoms with Gasteiger partial charge in [-0.25, -0.2) is 4.68 Å². The van der Waals surface area contributed by atoms with E-state index in [0.29, 0.717) is 5.92 Å². The molecule has 1 fully saturated rings. The molecule has 0 N–H and O–H groups in total. The Balaban J connectivity index is 1.91. The average Bonchev–Trinajstić information content (AvgIpc) is 3.05. The summed E-state index contributed by atoms with van der Waals surface area (Å²) in [5.74, 6) is 1.54. The zero-order valence-electron chi connectivity index (χ0n) is 15.3. The van der Waals surface area contributed by atoms with Gasteiger partial charge in [-0.1, -0.05) is 37.6 Å². The van der Waals surface area contributed by atoms with Crippen molar-refractivity contribution in [3.05, 3.63) is 40.7 Å². The van der Waals surface area contributed by atoms with Gasteiger partial charge >= 0.3 is 0 Å². The summed E-state index contributed by atoms with van der Waals surface area (Å²) < 4.78 is 1.97. The first-order valence-electron chi connectivity index (χ1n) is 8.98. The van der Waals surface area contributed by atoms with Crippen LogP contribution >= 0.6 is 11.6 Å². The Kier molecular flexibility index (Phi) is 6.04. The van der Waals surface area contributed by atoms with Gasteiger partial charge in [-0.2, -0.15) is 0 Å². The number of nitrogens with zero attached hydrogens (tertiary/aromatic N) is 6. The van der Waals surface area contributed by atoms with Gasteiger partial charge in [-0.05, 0) is 47.5 Å². The number of benzene rings is 1. The van der Waals surface area contributed by atoms with Crippen LogP contribution in [0.1, 0.15) is 37.7 Å². The molecule has 2 heterocycles. The van der Waals surface area contributed by atoms with Crippen molar-refractivity contribution in [1.29, 1.82) is 0 Å². The molecular weight excluding hydrogens is 336 g/mol. The van der Waals surface area contributed by atoms with Crippen molar-refractivity contribution in [3.8, 4) is 0 Å². The van der Waals surface area contributed by atoms with Crippen LogP contribution in [-0.4, -0.2) is 63.2 Å². The second-order valence-corrected chi connectivity index (χ2v) is 7.67. The highest BCUT2D eigenvalue weighted by atomic mass is 35.5. The van der Waals surface area contributed by atoms with Gasteiger partial charge in [0.2, 0.25) is 0 Å². The van der Waals surface area contributed by atoms with Crippen LogP contribution in [0.15, 0.2) is 24.3 Å². The zero-order valence-corrected chi connectivity index (χ0v) is 16.0. The van der Waals surface area contributed by atoms with E-state index < -0.39 is 0 Å². The lowest BCUT2D eigenvalue weighted by atomic mass is 10.0. The molecule has 1 aromatic heterocycles. The monoisotopic (exact) mass is 362 g/mol. The Hall–Kier alpha value is -1.50. The molecule has 0 amide bonds. The summed E-state index contributed by atoms with van der Waals surface area (Å²) in [5, 5.41) is 13.4. The van der Waals surface area contributed by atoms with Crippen LogP contribution in [-0.2, 0) is 6.54 Å². The Morgan fingerprint density at radius 2 is 1.76 bits per heavy atom. The van der Waals surface area contributed by atoms with Gasteiger partial charge in [0.05, 0.1) is 6.04 Å². The van der Waals surface area contributed by atoms with E-state index in [4.69, 9.17) is 11.6 Å². The number of halogens is 1. The number of rotatable bonds is 6. The Morgan fingerprint density at radius 3 is 2.40 bits per heavy atom. The highest BCUT2D eigenvalue weighted by Gasteiger charge is 2.29. The topological polar surface area (TPSA) is 50.1 Å². The predicted molar refractivity (Wildman–Crippen MR) is 99.6 cm³/mol. The SMILES string of the molecule is CC(C)CCn1nnnc1[C@@H](c1ccc(Cl)cc1)N1CCN(C)CC1. The maximum absolute atomic E-state index is 6.10. The lowest BCUT2D eigenvalue weighted by Gasteiger charge is -2.37. The van der Waals surface area contributed by atoms with Crippen LogP contribution in [0.3, 0.4) is 0 Å². The largest absolute Gasteiger partial charge is 0.304 e. The maximum Gasteiger partial charge on any atom is 0.173 e. The van der Waals surface area contributed by atoms with Crippen LogP contribution < -0.4 is 0 Å². The van der Waals surface area contributed by atoms with Crippen molar-refractivity contribution >= 4 is 11.6 Å². The molecule has 0 radical (unpaired) electrons. The van der Waals surface area contributed by atoms with Gasteiger partial charge in [0.15, 0.2) is 5.82 Å². The van der Waals surface area contributed by atoms with Gasteiger partial charge in [0.25, 0.3) is 0 Å². The van der Waals surface area contributed by atoms with Gasteiger partial charge in [-0.3, -0.25) is 4.90 Å². The van der Waals surface area contributed by atoms with Crippen molar-refractivity contribution in [2.45, 2.75) is 32.9 Å². The second kappa shape index (κ2) is 8.25. The lowest BCUT2D eigenvalue weighted by Crippen LogP contribution is -2.46. The van der Waals surface area contributed by atoms with Crippen LogP contribution in [0.25, 0.3) is 0 Å². The minimum atomic E-state index is 0.0631. The highest BCUT2D eigenvalue weighted by Crippen LogP contribution is 2.29. The molecule has 0 spiro atoms. The van der Waals surface area contributed by atoms with Crippen molar-refractivity contribution in [3.63, 3.8) is 0 Å². The molecule has 25 heavy (non-hydrogen) atoms. The normalized spacial score (nSPS) is 18.0. The Morgan fingerprint density at radius 1 is 1.08 bits per heavy atom. The molecule has 136 valence electrons. The zero-order chi connectivity index (χ0) is 17.8. The third-order valence-corrected chi connectivity index (χ3v) is 5.06. The quantitative estimate of drug-likeness (QED) is 0.790. The van der Waals surface area contributed by atoms with E-state index in [1.165, 1.54) is 5.56 Å². The van der Waals surface area contributed by atoms with Crippen LogP contribution in [0.2, 0.25) is 5.02 Å². The molecule has 0 bridgehead atoms. The standard InChI is InChI=1S/C18H27ClN6/c1-14(2)8-9-25-18(20-21-22-25)17(15-4-6-16(19)7-5-15)24-12-10-23(3)11-13-24/h4-7,14,17H,8-13H2,1-3H3/t17-/m1/s1. The van der Waals surface area contributed by atoms with E-state index >= 15 is 0 Å². The second-order valence-electron chi connectivity index (χ2n) is 7.24. The number of tetrazole rings is 1. The summed E-state index contributed by atoms with van der Waals surface area (Å²) in [6, 6.07) is 8.14. The van der Waals surface area contributed by atoms with Crippen molar-refractivity contribution in [2.75, 3.05) is 33.2 Å². The minimum absolute atomic E-state index is 0.0631. The molecule has 1 aliphatic heterocycles. The molecule has 0 aliphatic carbocycles. The molecule has 0 saturated carbocycles. The number of likely N-dealkylation sites (N-methyl/N-ethyl adjacent to an activating group) is 1. The fourth-order valence-corrected chi connectivity index (χ4v) is 3.32. The minimum Gasteiger partial charge on any atom is -0.304 e. The summed E-state index contributed by atoms with van der Waals surface area (Å²) in [6.07, 6.45) is 1.06. The van der Waals surface area contributed by atoms with Crippen LogP contribution in [0, 0.1) is 5.92 Å². The third-order valence-electron chi connectivity index (χ3n) is 4.81. The first-order chi connectivity index (χ1) is 12.0. The van der Waals surface area contributed by atoms with E-state index in [1.807, 2.05) is 16.8 Å². The maximum atomic E-state index is 6.10. The molecule has 0 unspecified atom stereocenters. The molecular formula is C18H27ClN6. The number of hydrogen-bond donors (Lipinski definition) is 0. The summed E-state index contributed by atoms with van der Waals surface area (Å²) in [4.78, 5) is 4.83. The van der Waals surface area contributed by atoms with E-state index in [2.05, 4.69) is 58.4 Å². The van der Waals surface area contributed by atoms with E-state index in [0.717, 1.165) is 50.0 Å². The highest BCUT2D eigenvalue weighted by molar-refractivity contribution is 6.30. The first kappa shape index (κ1) is 18.3. The Bertz CT molecular complexity index is 660. The molecule has 1 atom stereocenters. The van der Waals surface area contributed by atoms with Crippen molar-refractivity contribution in [1.82, 2.24) is 30.0 Å². The van der Waals surface area contributed by atoms with Crippen molar-refractivity contribution in [2.24, 2.45) is 5.92 Å². The third kappa shape index (κ3) is 4.57. The number of aryl methyl sites for hydroxylation is 1. The molecule has 1 aromatic carbocycles. The number of piperazine rings is 1. The molecule has 1 saturated heterocycles. The summed E-state index contributed by atoms with van der Waals surface area (Å²) in [7, 11) is 2.17. The number of aromatic nitrogens is 4. The molecule has 2 aromatic rings. The first-order valence-corrected chi connectivity index (χ1v) is 9.36. The Labute approximate surface area is 154 Å². The fraction of sp³-hybridized carbons (Fsp3) is 0.611. The van der Waals surface area contributed by atoms with Gasteiger partial charge < -0.3 is 4.90 Å². The molecule has 3 rings (SSSR count). The van der Waals surface area contributed by atoms with Gasteiger partial charge in [-0.15, -0.1) is 5.10 Å².